The molecule has 3 aromatic rings. The van der Waals surface area contributed by atoms with E-state index < -0.39 is 0 Å². The molecule has 1 unspecified atom stereocenters. The number of para-hydroxylation sites is 3. The fraction of sp³-hybridized carbons (Fsp3) is 0.167. The highest BCUT2D eigenvalue weighted by Gasteiger charge is 2.25. The van der Waals surface area contributed by atoms with Crippen LogP contribution in [0.4, 0.5) is 5.69 Å². The predicted octanol–water partition coefficient (Wildman–Crippen LogP) is 4.61. The van der Waals surface area contributed by atoms with Gasteiger partial charge in [-0.05, 0) is 52.3 Å². The molecule has 0 aliphatic carbocycles. The number of hydrogen-bond donors (Lipinski definition) is 1. The Morgan fingerprint density at radius 1 is 0.968 bits per heavy atom. The van der Waals surface area contributed by atoms with E-state index in [1.165, 1.54) is 0 Å². The summed E-state index contributed by atoms with van der Waals surface area (Å²) in [4.78, 5) is 27.4. The highest BCUT2D eigenvalue weighted by Crippen LogP contribution is 2.31. The van der Waals surface area contributed by atoms with Crippen LogP contribution >= 0.6 is 15.9 Å². The van der Waals surface area contributed by atoms with Gasteiger partial charge in [-0.2, -0.15) is 0 Å². The molecule has 0 fully saturated rings. The van der Waals surface area contributed by atoms with Gasteiger partial charge in [0.05, 0.1) is 23.4 Å². The Kier molecular flexibility index (Phi) is 6.23. The number of nitrogens with one attached hydrogen (secondary N) is 1. The Morgan fingerprint density at radius 3 is 2.39 bits per heavy atom. The zero-order valence-corrected chi connectivity index (χ0v) is 18.5. The second-order valence-corrected chi connectivity index (χ2v) is 8.02. The molecule has 1 N–H and O–H groups in total. The zero-order chi connectivity index (χ0) is 21.8. The van der Waals surface area contributed by atoms with Gasteiger partial charge in [-0.1, -0.05) is 36.4 Å². The summed E-state index contributed by atoms with van der Waals surface area (Å²) in [6.07, 6.45) is -0.286. The van der Waals surface area contributed by atoms with Crippen molar-refractivity contribution in [3.8, 4) is 11.5 Å². The average molecular weight is 481 g/mol. The van der Waals surface area contributed by atoms with Crippen LogP contribution in [0.5, 0.6) is 11.5 Å². The summed E-state index contributed by atoms with van der Waals surface area (Å²) in [5.41, 5.74) is 1.35. The third-order valence-electron chi connectivity index (χ3n) is 4.92. The first-order valence-corrected chi connectivity index (χ1v) is 10.6. The minimum atomic E-state index is -0.295. The number of fused-ring (bicyclic) bond motifs is 1. The molecule has 6 nitrogen and oxygen atoms in total. The Hall–Kier alpha value is -3.32. The zero-order valence-electron chi connectivity index (χ0n) is 16.9. The summed E-state index contributed by atoms with van der Waals surface area (Å²) in [7, 11) is 1.71. The molecule has 4 rings (SSSR count). The van der Waals surface area contributed by atoms with Crippen LogP contribution in [0.3, 0.4) is 0 Å². The minimum absolute atomic E-state index is 0.217. The smallest absolute Gasteiger partial charge is 0.256 e. The number of likely N-dealkylation sites (N-methyl/N-ethyl adjacent to an activating group) is 1. The molecule has 1 aliphatic rings. The third-order valence-corrected chi connectivity index (χ3v) is 5.61. The summed E-state index contributed by atoms with van der Waals surface area (Å²) in [5.74, 6) is 0.857. The number of carbonyl (C=O) groups is 2. The van der Waals surface area contributed by atoms with Gasteiger partial charge in [0, 0.05) is 11.5 Å². The van der Waals surface area contributed by atoms with Crippen LogP contribution in [0.2, 0.25) is 0 Å². The molecule has 31 heavy (non-hydrogen) atoms. The van der Waals surface area contributed by atoms with Crippen molar-refractivity contribution in [3.63, 3.8) is 0 Å². The largest absolute Gasteiger partial charge is 0.486 e. The lowest BCUT2D eigenvalue weighted by molar-refractivity contribution is 0.0521. The first-order valence-electron chi connectivity index (χ1n) is 9.82. The van der Waals surface area contributed by atoms with E-state index >= 15 is 0 Å². The first kappa shape index (κ1) is 20.9. The molecule has 2 amide bonds. The van der Waals surface area contributed by atoms with Crippen LogP contribution in [0, 0.1) is 0 Å². The summed E-state index contributed by atoms with van der Waals surface area (Å²) in [6.45, 7) is 0.703. The monoisotopic (exact) mass is 480 g/mol. The van der Waals surface area contributed by atoms with Crippen molar-refractivity contribution in [3.05, 3.63) is 88.4 Å². The van der Waals surface area contributed by atoms with E-state index in [0.717, 1.165) is 0 Å². The maximum Gasteiger partial charge on any atom is 0.256 e. The van der Waals surface area contributed by atoms with Crippen LogP contribution in [0.15, 0.2) is 77.3 Å². The van der Waals surface area contributed by atoms with E-state index in [9.17, 15) is 9.59 Å². The van der Waals surface area contributed by atoms with Gasteiger partial charge in [0.15, 0.2) is 17.6 Å². The number of nitrogens with zero attached hydrogens (tertiary/aromatic N) is 1. The lowest BCUT2D eigenvalue weighted by atomic mass is 10.1. The molecule has 1 atom stereocenters. The maximum atomic E-state index is 13.1. The van der Waals surface area contributed by atoms with Crippen molar-refractivity contribution < 1.29 is 19.1 Å². The van der Waals surface area contributed by atoms with E-state index in [0.29, 0.717) is 45.9 Å². The van der Waals surface area contributed by atoms with Crippen molar-refractivity contribution in [2.45, 2.75) is 6.10 Å². The predicted molar refractivity (Wildman–Crippen MR) is 122 cm³/mol. The van der Waals surface area contributed by atoms with Gasteiger partial charge in [-0.3, -0.25) is 9.59 Å². The molecule has 0 bridgehead atoms. The molecular formula is C24H21BrN2O4. The van der Waals surface area contributed by atoms with Crippen molar-refractivity contribution in [1.82, 2.24) is 4.90 Å². The van der Waals surface area contributed by atoms with Crippen molar-refractivity contribution >= 4 is 33.4 Å². The Labute approximate surface area is 188 Å². The molecule has 0 aromatic heterocycles. The SMILES string of the molecule is CN(CC1COc2ccccc2O1)C(=O)c1ccccc1NC(=O)c1ccccc1Br. The Balaban J connectivity index is 1.46. The average Bonchev–Trinajstić information content (AvgIpc) is 2.79. The van der Waals surface area contributed by atoms with Gasteiger partial charge >= 0.3 is 0 Å². The quantitative estimate of drug-likeness (QED) is 0.578. The fourth-order valence-corrected chi connectivity index (χ4v) is 3.83. The molecule has 3 aromatic carbocycles. The molecule has 1 aliphatic heterocycles. The van der Waals surface area contributed by atoms with Crippen LogP contribution in [-0.2, 0) is 0 Å². The molecule has 158 valence electrons. The lowest BCUT2D eigenvalue weighted by Gasteiger charge is -2.30. The Morgan fingerprint density at radius 2 is 1.61 bits per heavy atom. The molecule has 0 saturated carbocycles. The molecule has 0 spiro atoms. The normalized spacial score (nSPS) is 14.6. The minimum Gasteiger partial charge on any atom is -0.486 e. The van der Waals surface area contributed by atoms with Crippen LogP contribution in [0.1, 0.15) is 20.7 Å². The molecule has 1 heterocycles. The number of amides is 2. The van der Waals surface area contributed by atoms with Crippen LogP contribution in [-0.4, -0.2) is 43.0 Å². The van der Waals surface area contributed by atoms with Gasteiger partial charge in [0.2, 0.25) is 0 Å². The number of benzene rings is 3. The van der Waals surface area contributed by atoms with Gasteiger partial charge in [-0.25, -0.2) is 0 Å². The van der Waals surface area contributed by atoms with Gasteiger partial charge in [0.1, 0.15) is 6.61 Å². The summed E-state index contributed by atoms with van der Waals surface area (Å²) in [6, 6.07) is 21.6. The Bertz CT molecular complexity index is 1120. The summed E-state index contributed by atoms with van der Waals surface area (Å²) < 4.78 is 12.4. The highest BCUT2D eigenvalue weighted by atomic mass is 79.9. The van der Waals surface area contributed by atoms with E-state index in [4.69, 9.17) is 9.47 Å². The van der Waals surface area contributed by atoms with E-state index in [1.54, 1.807) is 54.4 Å². The topological polar surface area (TPSA) is 67.9 Å². The van der Waals surface area contributed by atoms with Gasteiger partial charge in [-0.15, -0.1) is 0 Å². The fourth-order valence-electron chi connectivity index (χ4n) is 3.36. The number of halogens is 1. The molecule has 0 radical (unpaired) electrons. The third kappa shape index (κ3) is 4.72. The second-order valence-electron chi connectivity index (χ2n) is 7.16. The molecule has 7 heteroatoms. The summed E-state index contributed by atoms with van der Waals surface area (Å²) in [5, 5.41) is 2.85. The number of anilines is 1. The van der Waals surface area contributed by atoms with Crippen LogP contribution < -0.4 is 14.8 Å². The maximum absolute atomic E-state index is 13.1. The number of ether oxygens (including phenoxy) is 2. The van der Waals surface area contributed by atoms with Crippen molar-refractivity contribution in [1.29, 1.82) is 0 Å². The van der Waals surface area contributed by atoms with Crippen molar-refractivity contribution in [2.24, 2.45) is 0 Å². The van der Waals surface area contributed by atoms with Gasteiger partial charge in [0.25, 0.3) is 11.8 Å². The van der Waals surface area contributed by atoms with E-state index in [2.05, 4.69) is 21.2 Å². The standard InChI is InChI=1S/C24H21BrN2O4/c1-27(14-16-15-30-21-12-6-7-13-22(21)31-16)24(29)18-9-3-5-11-20(18)26-23(28)17-8-2-4-10-19(17)25/h2-13,16H,14-15H2,1H3,(H,26,28). The first-order chi connectivity index (χ1) is 15.0. The molecular weight excluding hydrogens is 460 g/mol. The highest BCUT2D eigenvalue weighted by molar-refractivity contribution is 9.10. The number of carbonyl (C=O) groups excluding carboxylic acids is 2. The second kappa shape index (κ2) is 9.22. The van der Waals surface area contributed by atoms with E-state index in [1.807, 2.05) is 30.3 Å². The van der Waals surface area contributed by atoms with Crippen molar-refractivity contribution in [2.75, 3.05) is 25.5 Å². The van der Waals surface area contributed by atoms with Crippen LogP contribution in [0.25, 0.3) is 0 Å². The van der Waals surface area contributed by atoms with Gasteiger partial charge < -0.3 is 19.7 Å². The molecule has 0 saturated heterocycles. The number of rotatable bonds is 5. The van der Waals surface area contributed by atoms with E-state index in [-0.39, 0.29) is 17.9 Å². The number of hydrogen-bond acceptors (Lipinski definition) is 4. The summed E-state index contributed by atoms with van der Waals surface area (Å²) >= 11 is 3.39. The lowest BCUT2D eigenvalue weighted by Crippen LogP contribution is -2.42.